The molecule has 1 aliphatic heterocycles. The molecule has 0 saturated carbocycles. The van der Waals surface area contributed by atoms with Crippen molar-refractivity contribution in [3.63, 3.8) is 0 Å². The number of amides is 3. The summed E-state index contributed by atoms with van der Waals surface area (Å²) in [5.74, 6) is -1.97. The predicted molar refractivity (Wildman–Crippen MR) is 114 cm³/mol. The van der Waals surface area contributed by atoms with Crippen LogP contribution in [0.25, 0.3) is 0 Å². The van der Waals surface area contributed by atoms with E-state index < -0.39 is 40.0 Å². The molecule has 2 aromatic rings. The molecule has 1 atom stereocenters. The first-order chi connectivity index (χ1) is 15.3. The summed E-state index contributed by atoms with van der Waals surface area (Å²) in [5, 5.41) is 4.40. The van der Waals surface area contributed by atoms with E-state index in [-0.39, 0.29) is 30.8 Å². The van der Waals surface area contributed by atoms with Gasteiger partial charge in [0, 0.05) is 38.1 Å². The Kier molecular flexibility index (Phi) is 7.54. The zero-order valence-electron chi connectivity index (χ0n) is 17.4. The zero-order valence-corrected chi connectivity index (χ0v) is 18.2. The number of aromatic nitrogens is 1. The summed E-state index contributed by atoms with van der Waals surface area (Å²) >= 11 is 0. The van der Waals surface area contributed by atoms with Crippen LogP contribution in [0.5, 0.6) is 0 Å². The molecule has 1 aromatic carbocycles. The number of carbonyl (C=O) groups is 3. The van der Waals surface area contributed by atoms with Crippen LogP contribution in [-0.2, 0) is 24.3 Å². The number of esters is 1. The van der Waals surface area contributed by atoms with Gasteiger partial charge in [-0.05, 0) is 25.0 Å². The third kappa shape index (κ3) is 5.48. The number of rotatable bonds is 6. The average Bonchev–Trinajstić information content (AvgIpc) is 2.83. The third-order valence-electron chi connectivity index (χ3n) is 5.10. The van der Waals surface area contributed by atoms with Gasteiger partial charge in [0.1, 0.15) is 4.90 Å². The van der Waals surface area contributed by atoms with E-state index in [2.05, 4.69) is 15.6 Å². The van der Waals surface area contributed by atoms with Crippen molar-refractivity contribution < 1.29 is 27.5 Å². The van der Waals surface area contributed by atoms with Crippen molar-refractivity contribution in [3.05, 3.63) is 60.4 Å². The molecule has 1 aromatic heterocycles. The molecule has 0 spiro atoms. The van der Waals surface area contributed by atoms with Crippen LogP contribution in [0.2, 0.25) is 0 Å². The van der Waals surface area contributed by atoms with E-state index in [9.17, 15) is 22.8 Å². The lowest BCUT2D eigenvalue weighted by Crippen LogP contribution is -2.43. The van der Waals surface area contributed by atoms with E-state index in [4.69, 9.17) is 4.74 Å². The summed E-state index contributed by atoms with van der Waals surface area (Å²) in [5.41, 5.74) is 0.416. The van der Waals surface area contributed by atoms with Crippen molar-refractivity contribution in [1.29, 1.82) is 0 Å². The number of pyridine rings is 1. The average molecular weight is 461 g/mol. The highest BCUT2D eigenvalue weighted by atomic mass is 32.2. The number of benzene rings is 1. The molecule has 32 heavy (non-hydrogen) atoms. The Morgan fingerprint density at radius 3 is 2.38 bits per heavy atom. The maximum Gasteiger partial charge on any atom is 0.321 e. The van der Waals surface area contributed by atoms with E-state index in [1.54, 1.807) is 36.4 Å². The maximum atomic E-state index is 12.8. The minimum atomic E-state index is -3.70. The molecule has 3 amide bonds. The Hall–Kier alpha value is -3.31. The summed E-state index contributed by atoms with van der Waals surface area (Å²) in [6.07, 6.45) is 1.96. The molecule has 1 saturated heterocycles. The summed E-state index contributed by atoms with van der Waals surface area (Å²) in [6, 6.07) is 10.6. The topological polar surface area (TPSA) is 135 Å². The molecule has 0 bridgehead atoms. The lowest BCUT2D eigenvalue weighted by Gasteiger charge is -2.30. The van der Waals surface area contributed by atoms with Gasteiger partial charge in [-0.2, -0.15) is 4.31 Å². The molecule has 1 aliphatic rings. The predicted octanol–water partition coefficient (Wildman–Crippen LogP) is 1.22. The largest absolute Gasteiger partial charge is 0.447 e. The smallest absolute Gasteiger partial charge is 0.321 e. The number of urea groups is 1. The molecule has 10 nitrogen and oxygen atoms in total. The number of hydrogen-bond donors (Lipinski definition) is 2. The molecule has 3 rings (SSSR count). The van der Waals surface area contributed by atoms with E-state index in [1.807, 2.05) is 0 Å². The Morgan fingerprint density at radius 1 is 1.09 bits per heavy atom. The first-order valence-electron chi connectivity index (χ1n) is 10.0. The number of sulfonamides is 1. The molecule has 0 radical (unpaired) electrons. The lowest BCUT2D eigenvalue weighted by atomic mass is 9.98. The molecule has 170 valence electrons. The number of nitrogens with zero attached hydrogens (tertiary/aromatic N) is 2. The van der Waals surface area contributed by atoms with Gasteiger partial charge < -0.3 is 10.1 Å². The third-order valence-corrected chi connectivity index (χ3v) is 6.98. The van der Waals surface area contributed by atoms with E-state index >= 15 is 0 Å². The van der Waals surface area contributed by atoms with Crippen LogP contribution in [0.15, 0.2) is 59.8 Å². The number of carbonyl (C=O) groups excluding carboxylic acids is 3. The van der Waals surface area contributed by atoms with Gasteiger partial charge >= 0.3 is 12.0 Å². The fraction of sp³-hybridized carbons (Fsp3) is 0.333. The van der Waals surface area contributed by atoms with Gasteiger partial charge in [0.25, 0.3) is 5.91 Å². The Morgan fingerprint density at radius 2 is 1.78 bits per heavy atom. The first kappa shape index (κ1) is 23.4. The highest BCUT2D eigenvalue weighted by Crippen LogP contribution is 2.27. The summed E-state index contributed by atoms with van der Waals surface area (Å²) in [6.45, 7) is 0.273. The van der Waals surface area contributed by atoms with Gasteiger partial charge in [-0.3, -0.25) is 19.9 Å². The molecule has 11 heteroatoms. The number of piperidine rings is 1. The number of nitrogens with one attached hydrogen (secondary N) is 2. The molecule has 2 N–H and O–H groups in total. The molecular formula is C21H24N4O6S. The SMILES string of the molecule is CNC(=O)NC(=O)C(OC(=O)C1CCN(S(=O)(=O)c2cccnc2)CC1)c1ccccc1. The van der Waals surface area contributed by atoms with Crippen molar-refractivity contribution in [1.82, 2.24) is 19.9 Å². The molecular weight excluding hydrogens is 436 g/mol. The second-order valence-electron chi connectivity index (χ2n) is 7.16. The molecule has 1 unspecified atom stereocenters. The molecule has 2 heterocycles. The van der Waals surface area contributed by atoms with Crippen LogP contribution in [0, 0.1) is 5.92 Å². The molecule has 0 aliphatic carbocycles. The standard InChI is InChI=1S/C21H24N4O6S/c1-22-21(28)24-19(26)18(15-6-3-2-4-7-15)31-20(27)16-9-12-25(13-10-16)32(29,30)17-8-5-11-23-14-17/h2-8,11,14,16,18H,9-10,12-13H2,1H3,(H2,22,24,26,28). The zero-order chi connectivity index (χ0) is 23.1. The number of hydrogen-bond acceptors (Lipinski definition) is 7. The van der Waals surface area contributed by atoms with Crippen molar-refractivity contribution in [3.8, 4) is 0 Å². The van der Waals surface area contributed by atoms with E-state index in [0.29, 0.717) is 5.56 Å². The highest BCUT2D eigenvalue weighted by Gasteiger charge is 2.35. The summed E-state index contributed by atoms with van der Waals surface area (Å²) in [7, 11) is -2.34. The van der Waals surface area contributed by atoms with Gasteiger partial charge in [-0.15, -0.1) is 0 Å². The van der Waals surface area contributed by atoms with Gasteiger partial charge in [0.15, 0.2) is 0 Å². The first-order valence-corrected chi connectivity index (χ1v) is 11.4. The second-order valence-corrected chi connectivity index (χ2v) is 9.10. The lowest BCUT2D eigenvalue weighted by molar-refractivity contribution is -0.161. The van der Waals surface area contributed by atoms with Crippen molar-refractivity contribution in [2.75, 3.05) is 20.1 Å². The minimum absolute atomic E-state index is 0.0936. The van der Waals surface area contributed by atoms with Gasteiger partial charge in [0.05, 0.1) is 5.92 Å². The minimum Gasteiger partial charge on any atom is -0.447 e. The molecule has 1 fully saturated rings. The van der Waals surface area contributed by atoms with Gasteiger partial charge in [0.2, 0.25) is 16.1 Å². The van der Waals surface area contributed by atoms with Crippen LogP contribution >= 0.6 is 0 Å². The fourth-order valence-electron chi connectivity index (χ4n) is 3.33. The Bertz CT molecular complexity index is 1050. The van der Waals surface area contributed by atoms with Crippen LogP contribution < -0.4 is 10.6 Å². The van der Waals surface area contributed by atoms with Crippen molar-refractivity contribution >= 4 is 27.9 Å². The number of ether oxygens (including phenoxy) is 1. The maximum absolute atomic E-state index is 12.8. The normalized spacial score (nSPS) is 16.0. The number of imide groups is 1. The highest BCUT2D eigenvalue weighted by molar-refractivity contribution is 7.89. The fourth-order valence-corrected chi connectivity index (χ4v) is 4.77. The second kappa shape index (κ2) is 10.3. The summed E-state index contributed by atoms with van der Waals surface area (Å²) < 4.78 is 32.2. The van der Waals surface area contributed by atoms with Crippen LogP contribution in [0.3, 0.4) is 0 Å². The van der Waals surface area contributed by atoms with Crippen molar-refractivity contribution in [2.45, 2.75) is 23.8 Å². The van der Waals surface area contributed by atoms with Gasteiger partial charge in [-0.1, -0.05) is 30.3 Å². The van der Waals surface area contributed by atoms with Crippen LogP contribution in [-0.4, -0.2) is 55.8 Å². The van der Waals surface area contributed by atoms with E-state index in [1.165, 1.54) is 29.8 Å². The Balaban J connectivity index is 1.66. The monoisotopic (exact) mass is 460 g/mol. The van der Waals surface area contributed by atoms with Gasteiger partial charge in [-0.25, -0.2) is 13.2 Å². The van der Waals surface area contributed by atoms with Crippen molar-refractivity contribution in [2.24, 2.45) is 5.92 Å². The Labute approximate surface area is 186 Å². The summed E-state index contributed by atoms with van der Waals surface area (Å²) in [4.78, 5) is 40.8. The van der Waals surface area contributed by atoms with E-state index in [0.717, 1.165) is 0 Å². The quantitative estimate of drug-likeness (QED) is 0.619. The van der Waals surface area contributed by atoms with Crippen LogP contribution in [0.1, 0.15) is 24.5 Å². The van der Waals surface area contributed by atoms with Crippen LogP contribution in [0.4, 0.5) is 4.79 Å².